The Kier molecular flexibility index (Phi) is 1.86. The summed E-state index contributed by atoms with van der Waals surface area (Å²) in [5, 5.41) is 18.7. The Bertz CT molecular complexity index is 419. The standard InChI is InChI=1S/C8H6N2O2S/c11-8(12)7-4-13-3-6(7)5-1-9-10-2-5/h1-4H,(H,9,10)(H,11,12). The summed E-state index contributed by atoms with van der Waals surface area (Å²) in [6, 6.07) is 0. The first-order chi connectivity index (χ1) is 6.29. The van der Waals surface area contributed by atoms with E-state index in [2.05, 4.69) is 10.2 Å². The van der Waals surface area contributed by atoms with Gasteiger partial charge in [0.2, 0.25) is 0 Å². The van der Waals surface area contributed by atoms with E-state index in [9.17, 15) is 4.79 Å². The highest BCUT2D eigenvalue weighted by atomic mass is 32.1. The van der Waals surface area contributed by atoms with Crippen LogP contribution in [0.5, 0.6) is 0 Å². The van der Waals surface area contributed by atoms with Crippen LogP contribution >= 0.6 is 11.3 Å². The summed E-state index contributed by atoms with van der Waals surface area (Å²) in [5.74, 6) is -0.905. The van der Waals surface area contributed by atoms with Gasteiger partial charge in [0, 0.05) is 22.7 Å². The molecule has 0 saturated heterocycles. The predicted octanol–water partition coefficient (Wildman–Crippen LogP) is 1.84. The van der Waals surface area contributed by atoms with Gasteiger partial charge in [0.05, 0.1) is 11.8 Å². The molecule has 2 rings (SSSR count). The van der Waals surface area contributed by atoms with Crippen LogP contribution in [-0.4, -0.2) is 21.3 Å². The van der Waals surface area contributed by atoms with E-state index in [1.54, 1.807) is 23.2 Å². The second-order valence-corrected chi connectivity index (χ2v) is 3.23. The third kappa shape index (κ3) is 1.33. The van der Waals surface area contributed by atoms with Crippen molar-refractivity contribution < 1.29 is 9.90 Å². The third-order valence-corrected chi connectivity index (χ3v) is 2.45. The average molecular weight is 194 g/mol. The molecule has 0 radical (unpaired) electrons. The van der Waals surface area contributed by atoms with Gasteiger partial charge in [-0.1, -0.05) is 0 Å². The molecule has 2 N–H and O–H groups in total. The Morgan fingerprint density at radius 1 is 1.54 bits per heavy atom. The highest BCUT2D eigenvalue weighted by Gasteiger charge is 2.12. The highest BCUT2D eigenvalue weighted by Crippen LogP contribution is 2.26. The molecular formula is C8H6N2O2S. The van der Waals surface area contributed by atoms with Crippen molar-refractivity contribution >= 4 is 17.3 Å². The van der Waals surface area contributed by atoms with Gasteiger partial charge in [-0.15, -0.1) is 0 Å². The minimum absolute atomic E-state index is 0.325. The zero-order chi connectivity index (χ0) is 9.26. The molecule has 0 fully saturated rings. The molecule has 0 bridgehead atoms. The molecule has 0 unspecified atom stereocenters. The van der Waals surface area contributed by atoms with Crippen LogP contribution in [0.3, 0.4) is 0 Å². The van der Waals surface area contributed by atoms with Gasteiger partial charge >= 0.3 is 5.97 Å². The fourth-order valence-corrected chi connectivity index (χ4v) is 1.92. The van der Waals surface area contributed by atoms with Crippen molar-refractivity contribution in [3.05, 3.63) is 28.7 Å². The molecule has 2 heterocycles. The lowest BCUT2D eigenvalue weighted by molar-refractivity contribution is 0.0698. The van der Waals surface area contributed by atoms with E-state index in [0.717, 1.165) is 5.56 Å². The maximum Gasteiger partial charge on any atom is 0.337 e. The van der Waals surface area contributed by atoms with Gasteiger partial charge in [-0.3, -0.25) is 5.10 Å². The van der Waals surface area contributed by atoms with Crippen LogP contribution in [0.2, 0.25) is 0 Å². The molecule has 66 valence electrons. The van der Waals surface area contributed by atoms with Crippen molar-refractivity contribution in [2.24, 2.45) is 0 Å². The monoisotopic (exact) mass is 194 g/mol. The summed E-state index contributed by atoms with van der Waals surface area (Å²) in [7, 11) is 0. The van der Waals surface area contributed by atoms with E-state index >= 15 is 0 Å². The second-order valence-electron chi connectivity index (χ2n) is 2.49. The zero-order valence-electron chi connectivity index (χ0n) is 6.52. The predicted molar refractivity (Wildman–Crippen MR) is 48.9 cm³/mol. The Balaban J connectivity index is 2.52. The van der Waals surface area contributed by atoms with Crippen molar-refractivity contribution in [1.82, 2.24) is 10.2 Å². The van der Waals surface area contributed by atoms with Crippen LogP contribution in [0.1, 0.15) is 10.4 Å². The van der Waals surface area contributed by atoms with Gasteiger partial charge in [-0.2, -0.15) is 16.4 Å². The Morgan fingerprint density at radius 2 is 2.38 bits per heavy atom. The van der Waals surface area contributed by atoms with Crippen LogP contribution in [0, 0.1) is 0 Å². The maximum atomic E-state index is 10.8. The summed E-state index contributed by atoms with van der Waals surface area (Å²) in [6.45, 7) is 0. The van der Waals surface area contributed by atoms with Gasteiger partial charge in [-0.05, 0) is 5.38 Å². The number of aromatic nitrogens is 2. The maximum absolute atomic E-state index is 10.8. The number of carboxylic acid groups (broad SMARTS) is 1. The minimum Gasteiger partial charge on any atom is -0.478 e. The van der Waals surface area contributed by atoms with Crippen molar-refractivity contribution in [2.45, 2.75) is 0 Å². The molecule has 0 aliphatic heterocycles. The van der Waals surface area contributed by atoms with Crippen LogP contribution in [0.15, 0.2) is 23.2 Å². The molecule has 0 aromatic carbocycles. The first kappa shape index (κ1) is 8.00. The van der Waals surface area contributed by atoms with Crippen LogP contribution < -0.4 is 0 Å². The van der Waals surface area contributed by atoms with Crippen molar-refractivity contribution in [1.29, 1.82) is 0 Å². The first-order valence-electron chi connectivity index (χ1n) is 3.57. The lowest BCUT2D eigenvalue weighted by atomic mass is 10.1. The molecule has 13 heavy (non-hydrogen) atoms. The molecule has 4 nitrogen and oxygen atoms in total. The first-order valence-corrected chi connectivity index (χ1v) is 4.52. The van der Waals surface area contributed by atoms with Gasteiger partial charge in [0.25, 0.3) is 0 Å². The fraction of sp³-hybridized carbons (Fsp3) is 0. The molecule has 5 heteroatoms. The summed E-state index contributed by atoms with van der Waals surface area (Å²) in [6.07, 6.45) is 3.28. The van der Waals surface area contributed by atoms with E-state index in [0.29, 0.717) is 11.1 Å². The number of rotatable bonds is 2. The van der Waals surface area contributed by atoms with Crippen LogP contribution in [0.4, 0.5) is 0 Å². The van der Waals surface area contributed by atoms with Gasteiger partial charge in [0.1, 0.15) is 0 Å². The Labute approximate surface area is 77.8 Å². The van der Waals surface area contributed by atoms with Gasteiger partial charge in [0.15, 0.2) is 0 Å². The number of thiophene rings is 1. The van der Waals surface area contributed by atoms with E-state index < -0.39 is 5.97 Å². The molecule has 0 amide bonds. The summed E-state index contributed by atoms with van der Waals surface area (Å²) >= 11 is 1.37. The molecular weight excluding hydrogens is 188 g/mol. The lowest BCUT2D eigenvalue weighted by Gasteiger charge is -1.93. The average Bonchev–Trinajstić information content (AvgIpc) is 2.74. The molecule has 2 aromatic heterocycles. The fourth-order valence-electron chi connectivity index (χ4n) is 1.08. The second kappa shape index (κ2) is 3.02. The normalized spacial score (nSPS) is 10.2. The number of H-pyrrole nitrogens is 1. The SMILES string of the molecule is O=C(O)c1cscc1-c1cn[nH]c1. The number of nitrogens with zero attached hydrogens (tertiary/aromatic N) is 1. The lowest BCUT2D eigenvalue weighted by Crippen LogP contribution is -1.95. The minimum atomic E-state index is -0.905. The number of hydrogen-bond donors (Lipinski definition) is 2. The van der Waals surface area contributed by atoms with E-state index in [1.807, 2.05) is 0 Å². The topological polar surface area (TPSA) is 66.0 Å². The number of aromatic amines is 1. The molecule has 0 atom stereocenters. The zero-order valence-corrected chi connectivity index (χ0v) is 7.34. The molecule has 0 saturated carbocycles. The smallest absolute Gasteiger partial charge is 0.337 e. The quantitative estimate of drug-likeness (QED) is 0.766. The van der Waals surface area contributed by atoms with Gasteiger partial charge < -0.3 is 5.11 Å². The van der Waals surface area contributed by atoms with Crippen LogP contribution in [0.25, 0.3) is 11.1 Å². The van der Waals surface area contributed by atoms with Crippen molar-refractivity contribution in [2.75, 3.05) is 0 Å². The molecule has 2 aromatic rings. The van der Waals surface area contributed by atoms with Gasteiger partial charge in [-0.25, -0.2) is 4.79 Å². The molecule has 0 spiro atoms. The largest absolute Gasteiger partial charge is 0.478 e. The number of aromatic carboxylic acids is 1. The highest BCUT2D eigenvalue weighted by molar-refractivity contribution is 7.08. The van der Waals surface area contributed by atoms with Crippen LogP contribution in [-0.2, 0) is 0 Å². The Hall–Kier alpha value is -1.62. The summed E-state index contributed by atoms with van der Waals surface area (Å²) in [5.41, 5.74) is 1.84. The number of hydrogen-bond acceptors (Lipinski definition) is 3. The number of carbonyl (C=O) groups is 1. The van der Waals surface area contributed by atoms with E-state index in [1.165, 1.54) is 11.3 Å². The molecule has 0 aliphatic carbocycles. The van der Waals surface area contributed by atoms with Crippen molar-refractivity contribution in [3.8, 4) is 11.1 Å². The number of nitrogens with one attached hydrogen (secondary N) is 1. The van der Waals surface area contributed by atoms with E-state index in [4.69, 9.17) is 5.11 Å². The Morgan fingerprint density at radius 3 is 3.00 bits per heavy atom. The number of carboxylic acids is 1. The molecule has 0 aliphatic rings. The van der Waals surface area contributed by atoms with Crippen molar-refractivity contribution in [3.63, 3.8) is 0 Å². The summed E-state index contributed by atoms with van der Waals surface area (Å²) < 4.78 is 0. The summed E-state index contributed by atoms with van der Waals surface area (Å²) in [4.78, 5) is 10.8. The third-order valence-electron chi connectivity index (χ3n) is 1.70. The van der Waals surface area contributed by atoms with E-state index in [-0.39, 0.29) is 0 Å².